The molecule has 0 bridgehead atoms. The number of nitrogens with one attached hydrogen (secondary N) is 1. The number of amides is 1. The van der Waals surface area contributed by atoms with Gasteiger partial charge in [0.05, 0.1) is 38.1 Å². The number of carbonyl (C=O) groups excluding carboxylic acids is 1. The van der Waals surface area contributed by atoms with Crippen molar-refractivity contribution in [2.24, 2.45) is 0 Å². The zero-order valence-electron chi connectivity index (χ0n) is 19.9. The van der Waals surface area contributed by atoms with Crippen molar-refractivity contribution in [1.82, 2.24) is 14.9 Å². The Morgan fingerprint density at radius 1 is 0.971 bits per heavy atom. The van der Waals surface area contributed by atoms with Gasteiger partial charge in [0.25, 0.3) is 5.91 Å². The number of nitrogens with zero attached hydrogens (tertiary/aromatic N) is 2. The minimum Gasteiger partial charge on any atom is -0.493 e. The van der Waals surface area contributed by atoms with Gasteiger partial charge in [-0.25, -0.2) is 4.98 Å². The highest BCUT2D eigenvalue weighted by Gasteiger charge is 2.18. The van der Waals surface area contributed by atoms with E-state index in [0.717, 1.165) is 22.6 Å². The van der Waals surface area contributed by atoms with Crippen molar-refractivity contribution in [3.8, 4) is 34.4 Å². The number of imidazole rings is 1. The Morgan fingerprint density at radius 3 is 2.43 bits per heavy atom. The van der Waals surface area contributed by atoms with Crippen LogP contribution in [0.5, 0.6) is 28.7 Å². The summed E-state index contributed by atoms with van der Waals surface area (Å²) in [5.74, 6) is 3.57. The van der Waals surface area contributed by atoms with Crippen molar-refractivity contribution in [2.75, 3.05) is 28.1 Å². The normalized spacial score (nSPS) is 12.0. The largest absolute Gasteiger partial charge is 0.493 e. The third-order valence-corrected chi connectivity index (χ3v) is 5.88. The van der Waals surface area contributed by atoms with Crippen molar-refractivity contribution in [2.45, 2.75) is 13.5 Å². The Kier molecular flexibility index (Phi) is 5.82. The molecule has 1 aromatic heterocycles. The van der Waals surface area contributed by atoms with Crippen molar-refractivity contribution in [3.05, 3.63) is 65.5 Å². The average molecular weight is 476 g/mol. The third-order valence-electron chi connectivity index (χ3n) is 5.88. The lowest BCUT2D eigenvalue weighted by atomic mass is 10.1. The molecule has 0 unspecified atom stereocenters. The molecule has 4 aromatic rings. The lowest BCUT2D eigenvalue weighted by Crippen LogP contribution is -2.22. The number of rotatable bonds is 7. The molecule has 0 atom stereocenters. The summed E-state index contributed by atoms with van der Waals surface area (Å²) in [6.07, 6.45) is 0. The second kappa shape index (κ2) is 9.09. The first kappa shape index (κ1) is 22.4. The lowest BCUT2D eigenvalue weighted by molar-refractivity contribution is 0.0951. The Hall–Kier alpha value is -4.40. The van der Waals surface area contributed by atoms with Gasteiger partial charge in [0.2, 0.25) is 12.5 Å². The molecule has 0 aliphatic carbocycles. The zero-order chi connectivity index (χ0) is 24.5. The van der Waals surface area contributed by atoms with Crippen LogP contribution in [0.1, 0.15) is 21.7 Å². The minimum absolute atomic E-state index is 0.190. The van der Waals surface area contributed by atoms with E-state index in [0.29, 0.717) is 46.4 Å². The summed E-state index contributed by atoms with van der Waals surface area (Å²) in [4.78, 5) is 17.5. The molecule has 1 amide bonds. The summed E-state index contributed by atoms with van der Waals surface area (Å²) in [6, 6.07) is 14.8. The van der Waals surface area contributed by atoms with Gasteiger partial charge in [0.1, 0.15) is 5.82 Å². The molecule has 0 saturated carbocycles. The number of methoxy groups -OCH3 is 3. The van der Waals surface area contributed by atoms with Crippen LogP contribution in [0.4, 0.5) is 0 Å². The second-order valence-corrected chi connectivity index (χ2v) is 7.95. The molecule has 3 aromatic carbocycles. The molecule has 1 aliphatic rings. The van der Waals surface area contributed by atoms with Gasteiger partial charge in [0, 0.05) is 24.2 Å². The van der Waals surface area contributed by atoms with Crippen molar-refractivity contribution < 1.29 is 28.5 Å². The van der Waals surface area contributed by atoms with E-state index in [2.05, 4.69) is 10.3 Å². The number of aryl methyl sites for hydroxylation is 1. The number of carbonyl (C=O) groups is 1. The number of hydrogen-bond acceptors (Lipinski definition) is 7. The smallest absolute Gasteiger partial charge is 0.251 e. The number of fused-ring (bicyclic) bond motifs is 2. The van der Waals surface area contributed by atoms with E-state index < -0.39 is 0 Å². The fourth-order valence-corrected chi connectivity index (χ4v) is 4.20. The topological polar surface area (TPSA) is 93.1 Å². The highest BCUT2D eigenvalue weighted by atomic mass is 16.7. The molecule has 9 nitrogen and oxygen atoms in total. The van der Waals surface area contributed by atoms with E-state index in [1.807, 2.05) is 47.9 Å². The SMILES string of the molecule is COc1cc(-n2c(C)nc3cc(C(=O)NCc4ccc5c(c4)OCO5)ccc32)cc(OC)c1OC. The molecule has 180 valence electrons. The predicted octanol–water partition coefficient (Wildman–Crippen LogP) is 4.02. The van der Waals surface area contributed by atoms with E-state index in [4.69, 9.17) is 23.7 Å². The maximum atomic E-state index is 12.8. The third kappa shape index (κ3) is 4.05. The van der Waals surface area contributed by atoms with E-state index in [1.54, 1.807) is 33.5 Å². The molecule has 0 fully saturated rings. The maximum absolute atomic E-state index is 12.8. The van der Waals surface area contributed by atoms with Crippen LogP contribution in [-0.2, 0) is 6.54 Å². The monoisotopic (exact) mass is 475 g/mol. The van der Waals surface area contributed by atoms with Gasteiger partial charge in [-0.15, -0.1) is 0 Å². The van der Waals surface area contributed by atoms with Crippen LogP contribution in [0.2, 0.25) is 0 Å². The first-order valence-corrected chi connectivity index (χ1v) is 11.0. The van der Waals surface area contributed by atoms with Crippen LogP contribution >= 0.6 is 0 Å². The van der Waals surface area contributed by atoms with E-state index in [9.17, 15) is 4.79 Å². The summed E-state index contributed by atoms with van der Waals surface area (Å²) in [5, 5.41) is 2.95. The van der Waals surface area contributed by atoms with Crippen LogP contribution in [0.25, 0.3) is 16.7 Å². The standard InChI is InChI=1S/C26H25N3O6/c1-15-28-19-10-17(26(30)27-13-16-5-8-21-22(9-16)35-14-34-21)6-7-20(19)29(15)18-11-23(31-2)25(33-4)24(12-18)32-3/h5-12H,13-14H2,1-4H3,(H,27,30). The van der Waals surface area contributed by atoms with Gasteiger partial charge in [0.15, 0.2) is 23.0 Å². The van der Waals surface area contributed by atoms with Crippen LogP contribution < -0.4 is 29.0 Å². The molecule has 0 radical (unpaired) electrons. The van der Waals surface area contributed by atoms with E-state index in [1.165, 1.54) is 0 Å². The van der Waals surface area contributed by atoms with E-state index in [-0.39, 0.29) is 12.7 Å². The Labute approximate surface area is 202 Å². The van der Waals surface area contributed by atoms with Gasteiger partial charge in [-0.05, 0) is 42.8 Å². The van der Waals surface area contributed by atoms with Crippen molar-refractivity contribution in [1.29, 1.82) is 0 Å². The average Bonchev–Trinajstić information content (AvgIpc) is 3.48. The van der Waals surface area contributed by atoms with Crippen molar-refractivity contribution in [3.63, 3.8) is 0 Å². The molecule has 0 spiro atoms. The fraction of sp³-hybridized carbons (Fsp3) is 0.231. The van der Waals surface area contributed by atoms with E-state index >= 15 is 0 Å². The van der Waals surface area contributed by atoms with Gasteiger partial charge < -0.3 is 29.0 Å². The molecule has 9 heteroatoms. The van der Waals surface area contributed by atoms with Crippen LogP contribution in [-0.4, -0.2) is 43.6 Å². The van der Waals surface area contributed by atoms with Gasteiger partial charge in [-0.1, -0.05) is 6.07 Å². The predicted molar refractivity (Wildman–Crippen MR) is 129 cm³/mol. The van der Waals surface area contributed by atoms with Crippen molar-refractivity contribution >= 4 is 16.9 Å². The lowest BCUT2D eigenvalue weighted by Gasteiger charge is -2.15. The molecular formula is C26H25N3O6. The molecular weight excluding hydrogens is 450 g/mol. The van der Waals surface area contributed by atoms with Gasteiger partial charge in [-0.3, -0.25) is 9.36 Å². The number of ether oxygens (including phenoxy) is 5. The Morgan fingerprint density at radius 2 is 1.71 bits per heavy atom. The number of aromatic nitrogens is 2. The Bertz CT molecular complexity index is 1400. The molecule has 2 heterocycles. The van der Waals surface area contributed by atoms with Gasteiger partial charge in [-0.2, -0.15) is 0 Å². The van der Waals surface area contributed by atoms with Crippen LogP contribution in [0.15, 0.2) is 48.5 Å². The van der Waals surface area contributed by atoms with Gasteiger partial charge >= 0.3 is 0 Å². The summed E-state index contributed by atoms with van der Waals surface area (Å²) in [5.41, 5.74) is 3.80. The zero-order valence-corrected chi connectivity index (χ0v) is 19.9. The molecule has 1 aliphatic heterocycles. The highest BCUT2D eigenvalue weighted by Crippen LogP contribution is 2.40. The molecule has 35 heavy (non-hydrogen) atoms. The number of benzene rings is 3. The van der Waals surface area contributed by atoms with Crippen LogP contribution in [0, 0.1) is 6.92 Å². The van der Waals surface area contributed by atoms with Crippen LogP contribution in [0.3, 0.4) is 0 Å². The first-order valence-electron chi connectivity index (χ1n) is 11.0. The molecule has 0 saturated heterocycles. The molecule has 5 rings (SSSR count). The first-order chi connectivity index (χ1) is 17.0. The quantitative estimate of drug-likeness (QED) is 0.432. The highest BCUT2D eigenvalue weighted by molar-refractivity contribution is 5.97. The summed E-state index contributed by atoms with van der Waals surface area (Å²) in [6.45, 7) is 2.49. The summed E-state index contributed by atoms with van der Waals surface area (Å²) in [7, 11) is 4.72. The number of hydrogen-bond donors (Lipinski definition) is 1. The maximum Gasteiger partial charge on any atom is 0.251 e. The summed E-state index contributed by atoms with van der Waals surface area (Å²) >= 11 is 0. The second-order valence-electron chi connectivity index (χ2n) is 7.95. The summed E-state index contributed by atoms with van der Waals surface area (Å²) < 4.78 is 29.2. The Balaban J connectivity index is 1.42. The molecule has 1 N–H and O–H groups in total. The fourth-order valence-electron chi connectivity index (χ4n) is 4.20. The minimum atomic E-state index is -0.190.